The zero-order chi connectivity index (χ0) is 41.4. The number of phosphoric ester groups is 1. The lowest BCUT2D eigenvalue weighted by atomic mass is 10.0. The molecule has 0 fully saturated rings. The normalized spacial score (nSPS) is 14.0. The molecule has 0 aliphatic carbocycles. The van der Waals surface area contributed by atoms with E-state index in [0.29, 0.717) is 23.9 Å². The molecule has 0 rings (SSSR count). The quantitative estimate of drug-likeness (QED) is 0.0214. The lowest BCUT2D eigenvalue weighted by Crippen LogP contribution is -2.37. The van der Waals surface area contributed by atoms with Crippen LogP contribution < -0.4 is 0 Å². The largest absolute Gasteiger partial charge is 0.472 e. The number of esters is 2. The number of likely N-dealkylation sites (N-methyl/N-ethyl adjacent to an activating group) is 1. The lowest BCUT2D eigenvalue weighted by Gasteiger charge is -2.24. The fourth-order valence-electron chi connectivity index (χ4n) is 5.89. The molecule has 1 N–H and O–H groups in total. The third kappa shape index (κ3) is 41.6. The predicted molar refractivity (Wildman–Crippen MR) is 233 cm³/mol. The van der Waals surface area contributed by atoms with Crippen molar-refractivity contribution in [2.45, 2.75) is 187 Å². The Morgan fingerprint density at radius 3 is 1.52 bits per heavy atom. The van der Waals surface area contributed by atoms with Crippen LogP contribution in [0.2, 0.25) is 0 Å². The molecule has 0 saturated heterocycles. The fraction of sp³-hybridized carbons (Fsp3) is 0.783. The number of nitrogens with zero attached hydrogens (tertiary/aromatic N) is 1. The monoisotopic (exact) mass is 811 g/mol. The Balaban J connectivity index is 4.39. The van der Waals surface area contributed by atoms with Gasteiger partial charge in [0.15, 0.2) is 6.10 Å². The van der Waals surface area contributed by atoms with Crippen molar-refractivity contribution in [1.82, 2.24) is 0 Å². The third-order valence-corrected chi connectivity index (χ3v) is 10.4. The van der Waals surface area contributed by atoms with E-state index in [2.05, 4.69) is 62.5 Å². The Morgan fingerprint density at radius 1 is 0.571 bits per heavy atom. The third-order valence-electron chi connectivity index (χ3n) is 9.37. The number of allylic oxidation sites excluding steroid dienone is 8. The Kier molecular flexibility index (Phi) is 37.1. The topological polar surface area (TPSA) is 108 Å². The van der Waals surface area contributed by atoms with Gasteiger partial charge >= 0.3 is 19.8 Å². The summed E-state index contributed by atoms with van der Waals surface area (Å²) in [6, 6.07) is 0. The maximum Gasteiger partial charge on any atom is 0.472 e. The Morgan fingerprint density at radius 2 is 1.02 bits per heavy atom. The van der Waals surface area contributed by atoms with Gasteiger partial charge in [-0.1, -0.05) is 165 Å². The van der Waals surface area contributed by atoms with E-state index in [1.54, 1.807) is 0 Å². The Bertz CT molecular complexity index is 1100. The van der Waals surface area contributed by atoms with Crippen molar-refractivity contribution >= 4 is 19.8 Å². The van der Waals surface area contributed by atoms with Gasteiger partial charge in [-0.05, 0) is 51.4 Å². The average Bonchev–Trinajstić information content (AvgIpc) is 3.15. The van der Waals surface area contributed by atoms with E-state index in [4.69, 9.17) is 18.5 Å². The van der Waals surface area contributed by atoms with Crippen LogP contribution >= 0.6 is 7.82 Å². The first-order valence-electron chi connectivity index (χ1n) is 22.4. The molecule has 0 aliphatic rings. The van der Waals surface area contributed by atoms with Crippen molar-refractivity contribution in [2.75, 3.05) is 47.5 Å². The predicted octanol–water partition coefficient (Wildman–Crippen LogP) is 12.7. The van der Waals surface area contributed by atoms with E-state index in [1.807, 2.05) is 21.1 Å². The van der Waals surface area contributed by atoms with Gasteiger partial charge < -0.3 is 18.9 Å². The molecule has 56 heavy (non-hydrogen) atoms. The van der Waals surface area contributed by atoms with Crippen molar-refractivity contribution in [3.05, 3.63) is 48.6 Å². The van der Waals surface area contributed by atoms with Crippen LogP contribution in [0.5, 0.6) is 0 Å². The van der Waals surface area contributed by atoms with Crippen LogP contribution in [0.15, 0.2) is 48.6 Å². The number of carbonyl (C=O) groups excluding carboxylic acids is 2. The van der Waals surface area contributed by atoms with Gasteiger partial charge in [0.1, 0.15) is 19.8 Å². The number of unbranched alkanes of at least 4 members (excludes halogenated alkanes) is 18. The molecule has 0 radical (unpaired) electrons. The van der Waals surface area contributed by atoms with Crippen molar-refractivity contribution in [3.8, 4) is 0 Å². The molecule has 0 heterocycles. The van der Waals surface area contributed by atoms with Crippen LogP contribution in [0.25, 0.3) is 0 Å². The minimum absolute atomic E-state index is 0.0247. The number of ether oxygens (including phenoxy) is 2. The highest BCUT2D eigenvalue weighted by Gasteiger charge is 2.27. The summed E-state index contributed by atoms with van der Waals surface area (Å²) in [5.74, 6) is -0.844. The van der Waals surface area contributed by atoms with Crippen molar-refractivity contribution < 1.29 is 42.1 Å². The first-order valence-corrected chi connectivity index (χ1v) is 23.9. The number of rotatable bonds is 40. The number of hydrogen-bond acceptors (Lipinski definition) is 7. The maximum absolute atomic E-state index is 12.7. The van der Waals surface area contributed by atoms with E-state index in [1.165, 1.54) is 89.9 Å². The Hall–Kier alpha value is -2.03. The van der Waals surface area contributed by atoms with Crippen LogP contribution in [0, 0.1) is 0 Å². The van der Waals surface area contributed by atoms with Gasteiger partial charge in [-0.2, -0.15) is 0 Å². The van der Waals surface area contributed by atoms with Crippen LogP contribution in [0.3, 0.4) is 0 Å². The number of quaternary nitrogens is 1. The fourth-order valence-corrected chi connectivity index (χ4v) is 6.63. The SMILES string of the molecule is CC/C=C\C/C=C\C/C=C\C/C=C\CCCCC(=O)OC[C@H](COP(=O)(O)OCC[N+](C)(C)C)OC(=O)CCCCCCCCCCCCCCCCCCC. The van der Waals surface area contributed by atoms with Crippen molar-refractivity contribution in [2.24, 2.45) is 0 Å². The standard InChI is InChI=1S/C46H84NO8P/c1-6-8-10-12-14-16-18-20-22-23-25-27-29-31-33-35-37-39-46(49)55-44(43-54-56(50,51)53-41-40-47(3,4)5)42-52-45(48)38-36-34-32-30-28-26-24-21-19-17-15-13-11-9-7-2/h9,11,15,17,21,24,28,30,44H,6-8,10,12-14,16,18-20,22-23,25-27,29,31-43H2,1-5H3/p+1/b11-9-,17-15-,24-21-,30-28-/t44-/m1/s1. The zero-order valence-electron chi connectivity index (χ0n) is 36.6. The molecule has 9 nitrogen and oxygen atoms in total. The second kappa shape index (κ2) is 38.5. The van der Waals surface area contributed by atoms with Gasteiger partial charge in [0.2, 0.25) is 0 Å². The summed E-state index contributed by atoms with van der Waals surface area (Å²) >= 11 is 0. The molecule has 0 bridgehead atoms. The van der Waals surface area contributed by atoms with Crippen LogP contribution in [-0.2, 0) is 32.7 Å². The maximum atomic E-state index is 12.7. The molecular formula is C46H85NO8P+. The van der Waals surface area contributed by atoms with Gasteiger partial charge in [0, 0.05) is 12.8 Å². The number of hydrogen-bond donors (Lipinski definition) is 1. The summed E-state index contributed by atoms with van der Waals surface area (Å²) in [7, 11) is 1.45. The van der Waals surface area contributed by atoms with Crippen LogP contribution in [0.4, 0.5) is 0 Å². The minimum Gasteiger partial charge on any atom is -0.462 e. The average molecular weight is 811 g/mol. The molecule has 2 atom stereocenters. The second-order valence-electron chi connectivity index (χ2n) is 16.1. The lowest BCUT2D eigenvalue weighted by molar-refractivity contribution is -0.870. The molecule has 0 aromatic rings. The first-order chi connectivity index (χ1) is 27.0. The van der Waals surface area contributed by atoms with Crippen molar-refractivity contribution in [1.29, 1.82) is 0 Å². The van der Waals surface area contributed by atoms with Crippen LogP contribution in [-0.4, -0.2) is 74.9 Å². The van der Waals surface area contributed by atoms with E-state index in [9.17, 15) is 19.0 Å². The minimum atomic E-state index is -4.38. The molecule has 0 amide bonds. The summed E-state index contributed by atoms with van der Waals surface area (Å²) < 4.78 is 34.3. The van der Waals surface area contributed by atoms with Crippen LogP contribution in [0.1, 0.15) is 181 Å². The van der Waals surface area contributed by atoms with Gasteiger partial charge in [-0.15, -0.1) is 0 Å². The first kappa shape index (κ1) is 54.0. The highest BCUT2D eigenvalue weighted by atomic mass is 31.2. The molecule has 326 valence electrons. The van der Waals surface area contributed by atoms with Gasteiger partial charge in [0.25, 0.3) is 0 Å². The molecule has 1 unspecified atom stereocenters. The van der Waals surface area contributed by atoms with E-state index >= 15 is 0 Å². The molecule has 0 aromatic carbocycles. The molecule has 0 saturated carbocycles. The van der Waals surface area contributed by atoms with E-state index in [-0.39, 0.29) is 26.1 Å². The molecule has 0 aromatic heterocycles. The zero-order valence-corrected chi connectivity index (χ0v) is 37.5. The van der Waals surface area contributed by atoms with Gasteiger partial charge in [0.05, 0.1) is 27.7 Å². The van der Waals surface area contributed by atoms with E-state index in [0.717, 1.165) is 51.4 Å². The van der Waals surface area contributed by atoms with E-state index < -0.39 is 32.5 Å². The summed E-state index contributed by atoms with van der Waals surface area (Å²) in [5, 5.41) is 0. The summed E-state index contributed by atoms with van der Waals surface area (Å²) in [6.07, 6.45) is 44.5. The second-order valence-corrected chi connectivity index (χ2v) is 17.5. The smallest absolute Gasteiger partial charge is 0.462 e. The number of phosphoric acid groups is 1. The van der Waals surface area contributed by atoms with Gasteiger partial charge in [-0.3, -0.25) is 18.6 Å². The molecule has 0 aliphatic heterocycles. The summed E-state index contributed by atoms with van der Waals surface area (Å²) in [4.78, 5) is 35.4. The molecular weight excluding hydrogens is 725 g/mol. The molecule has 0 spiro atoms. The molecule has 10 heteroatoms. The van der Waals surface area contributed by atoms with Crippen molar-refractivity contribution in [3.63, 3.8) is 0 Å². The highest BCUT2D eigenvalue weighted by molar-refractivity contribution is 7.47. The highest BCUT2D eigenvalue weighted by Crippen LogP contribution is 2.43. The summed E-state index contributed by atoms with van der Waals surface area (Å²) in [5.41, 5.74) is 0. The van der Waals surface area contributed by atoms with Gasteiger partial charge in [-0.25, -0.2) is 4.57 Å². The number of carbonyl (C=O) groups is 2. The Labute approximate surface area is 343 Å². The summed E-state index contributed by atoms with van der Waals surface area (Å²) in [6.45, 7) is 4.27.